The van der Waals surface area contributed by atoms with Gasteiger partial charge in [0, 0.05) is 36.5 Å². The third-order valence-electron chi connectivity index (χ3n) is 3.47. The molecule has 0 saturated carbocycles. The molecule has 1 aromatic carbocycles. The largest absolute Gasteiger partial charge is 0.375 e. The molecule has 0 unspecified atom stereocenters. The number of rotatable bonds is 6. The minimum atomic E-state index is -0.233. The summed E-state index contributed by atoms with van der Waals surface area (Å²) in [7, 11) is 1.61. The molecule has 1 N–H and O–H groups in total. The van der Waals surface area contributed by atoms with Gasteiger partial charge in [-0.3, -0.25) is 9.20 Å². The van der Waals surface area contributed by atoms with Gasteiger partial charge in [-0.25, -0.2) is 4.98 Å². The number of aromatic nitrogens is 2. The van der Waals surface area contributed by atoms with E-state index in [1.165, 1.54) is 0 Å². The van der Waals surface area contributed by atoms with Crippen molar-refractivity contribution in [1.29, 1.82) is 0 Å². The summed E-state index contributed by atoms with van der Waals surface area (Å²) in [5.74, 6) is -0.0835. The van der Waals surface area contributed by atoms with Crippen LogP contribution in [0, 0.1) is 0 Å². The van der Waals surface area contributed by atoms with Gasteiger partial charge in [0.1, 0.15) is 0 Å². The standard InChI is InChI=1S/C16H16ClN3O2S/c1-22-14(11-3-2-4-12(17)7-11)9-18-15(21)8-13-10-20-5-6-23-16(20)19-13/h2-7,10,14H,8-9H2,1H3,(H,18,21)/t14-/m0/s1. The smallest absolute Gasteiger partial charge is 0.226 e. The highest BCUT2D eigenvalue weighted by Gasteiger charge is 2.14. The van der Waals surface area contributed by atoms with Crippen molar-refractivity contribution < 1.29 is 9.53 Å². The van der Waals surface area contributed by atoms with Crippen LogP contribution in [0.1, 0.15) is 17.4 Å². The Kier molecular flexibility index (Phi) is 4.95. The Bertz CT molecular complexity index is 786. The second-order valence-electron chi connectivity index (χ2n) is 5.09. The fourth-order valence-electron chi connectivity index (χ4n) is 2.34. The minimum Gasteiger partial charge on any atom is -0.375 e. The van der Waals surface area contributed by atoms with Gasteiger partial charge in [0.2, 0.25) is 5.91 Å². The first-order valence-corrected chi connectivity index (χ1v) is 8.37. The fraction of sp³-hybridized carbons (Fsp3) is 0.250. The lowest BCUT2D eigenvalue weighted by molar-refractivity contribution is -0.121. The molecular formula is C16H16ClN3O2S. The number of hydrogen-bond donors (Lipinski definition) is 1. The van der Waals surface area contributed by atoms with Crippen molar-refractivity contribution in [3.05, 3.63) is 58.3 Å². The van der Waals surface area contributed by atoms with Gasteiger partial charge in [0.05, 0.1) is 18.2 Å². The second-order valence-corrected chi connectivity index (χ2v) is 6.39. The number of thiazole rings is 1. The van der Waals surface area contributed by atoms with E-state index in [1.807, 2.05) is 40.4 Å². The number of imidazole rings is 1. The van der Waals surface area contributed by atoms with Crippen molar-refractivity contribution in [1.82, 2.24) is 14.7 Å². The van der Waals surface area contributed by atoms with E-state index in [4.69, 9.17) is 16.3 Å². The van der Waals surface area contributed by atoms with E-state index in [2.05, 4.69) is 10.3 Å². The van der Waals surface area contributed by atoms with Gasteiger partial charge in [0.25, 0.3) is 0 Å². The summed E-state index contributed by atoms with van der Waals surface area (Å²) >= 11 is 7.53. The first-order chi connectivity index (χ1) is 11.2. The lowest BCUT2D eigenvalue weighted by Gasteiger charge is -2.16. The number of fused-ring (bicyclic) bond motifs is 1. The van der Waals surface area contributed by atoms with Gasteiger partial charge in [-0.15, -0.1) is 11.3 Å². The molecule has 0 fully saturated rings. The van der Waals surface area contributed by atoms with Crippen molar-refractivity contribution in [2.24, 2.45) is 0 Å². The molecule has 0 saturated heterocycles. The van der Waals surface area contributed by atoms with Crippen LogP contribution in [0.2, 0.25) is 5.02 Å². The summed E-state index contributed by atoms with van der Waals surface area (Å²) < 4.78 is 7.35. The molecular weight excluding hydrogens is 334 g/mol. The number of methoxy groups -OCH3 is 1. The van der Waals surface area contributed by atoms with Crippen molar-refractivity contribution in [3.8, 4) is 0 Å². The molecule has 23 heavy (non-hydrogen) atoms. The van der Waals surface area contributed by atoms with Crippen molar-refractivity contribution in [2.75, 3.05) is 13.7 Å². The molecule has 2 aromatic heterocycles. The zero-order chi connectivity index (χ0) is 16.2. The highest BCUT2D eigenvalue weighted by Crippen LogP contribution is 2.19. The van der Waals surface area contributed by atoms with E-state index in [-0.39, 0.29) is 18.4 Å². The third-order valence-corrected chi connectivity index (χ3v) is 4.48. The molecule has 0 aliphatic heterocycles. The van der Waals surface area contributed by atoms with Crippen molar-refractivity contribution in [2.45, 2.75) is 12.5 Å². The maximum atomic E-state index is 12.1. The molecule has 0 radical (unpaired) electrons. The van der Waals surface area contributed by atoms with Crippen LogP contribution in [-0.2, 0) is 16.0 Å². The summed E-state index contributed by atoms with van der Waals surface area (Å²) in [5, 5.41) is 5.49. The van der Waals surface area contributed by atoms with E-state index >= 15 is 0 Å². The van der Waals surface area contributed by atoms with Crippen LogP contribution in [0.3, 0.4) is 0 Å². The van der Waals surface area contributed by atoms with Gasteiger partial charge in [-0.2, -0.15) is 0 Å². The molecule has 7 heteroatoms. The van der Waals surface area contributed by atoms with Crippen LogP contribution in [-0.4, -0.2) is 28.9 Å². The van der Waals surface area contributed by atoms with E-state index in [0.29, 0.717) is 11.6 Å². The zero-order valence-corrected chi connectivity index (χ0v) is 14.1. The van der Waals surface area contributed by atoms with Gasteiger partial charge in [-0.05, 0) is 17.7 Å². The third kappa shape index (κ3) is 3.90. The molecule has 120 valence electrons. The molecule has 0 bridgehead atoms. The average Bonchev–Trinajstić information content (AvgIpc) is 3.09. The zero-order valence-electron chi connectivity index (χ0n) is 12.5. The Morgan fingerprint density at radius 1 is 1.52 bits per heavy atom. The molecule has 1 atom stereocenters. The van der Waals surface area contributed by atoms with E-state index in [9.17, 15) is 4.79 Å². The molecule has 3 aromatic rings. The van der Waals surface area contributed by atoms with Crippen LogP contribution in [0.25, 0.3) is 4.96 Å². The van der Waals surface area contributed by atoms with E-state index in [1.54, 1.807) is 24.5 Å². The summed E-state index contributed by atoms with van der Waals surface area (Å²) in [6.07, 6.45) is 3.81. The topological polar surface area (TPSA) is 55.6 Å². The summed E-state index contributed by atoms with van der Waals surface area (Å²) in [6, 6.07) is 7.44. The van der Waals surface area contributed by atoms with Crippen LogP contribution in [0.4, 0.5) is 0 Å². The Morgan fingerprint density at radius 3 is 3.13 bits per heavy atom. The van der Waals surface area contributed by atoms with Gasteiger partial charge in [0.15, 0.2) is 4.96 Å². The Morgan fingerprint density at radius 2 is 2.39 bits per heavy atom. The molecule has 0 aliphatic rings. The average molecular weight is 350 g/mol. The van der Waals surface area contributed by atoms with Gasteiger partial charge >= 0.3 is 0 Å². The number of halogens is 1. The number of ether oxygens (including phenoxy) is 1. The maximum Gasteiger partial charge on any atom is 0.226 e. The molecule has 5 nitrogen and oxygen atoms in total. The SMILES string of the molecule is CO[C@@H](CNC(=O)Cc1cn2ccsc2n1)c1cccc(Cl)c1. The molecule has 3 rings (SSSR count). The highest BCUT2D eigenvalue weighted by atomic mass is 35.5. The Balaban J connectivity index is 1.57. The lowest BCUT2D eigenvalue weighted by Crippen LogP contribution is -2.30. The number of nitrogens with one attached hydrogen (secondary N) is 1. The molecule has 0 aliphatic carbocycles. The minimum absolute atomic E-state index is 0.0835. The first-order valence-electron chi connectivity index (χ1n) is 7.12. The number of hydrogen-bond acceptors (Lipinski definition) is 4. The number of benzene rings is 1. The molecule has 0 spiro atoms. The van der Waals surface area contributed by atoms with E-state index in [0.717, 1.165) is 16.2 Å². The van der Waals surface area contributed by atoms with Gasteiger partial charge < -0.3 is 10.1 Å². The predicted molar refractivity (Wildman–Crippen MR) is 91.0 cm³/mol. The van der Waals surface area contributed by atoms with E-state index < -0.39 is 0 Å². The second kappa shape index (κ2) is 7.12. The Labute approximate surface area is 142 Å². The lowest BCUT2D eigenvalue weighted by atomic mass is 10.1. The first kappa shape index (κ1) is 16.0. The van der Waals surface area contributed by atoms with Crippen molar-refractivity contribution in [3.63, 3.8) is 0 Å². The number of carbonyl (C=O) groups is 1. The predicted octanol–water partition coefficient (Wildman–Crippen LogP) is 3.10. The maximum absolute atomic E-state index is 12.1. The number of nitrogens with zero attached hydrogens (tertiary/aromatic N) is 2. The number of carbonyl (C=O) groups excluding carboxylic acids is 1. The van der Waals surface area contributed by atoms with Crippen LogP contribution in [0.5, 0.6) is 0 Å². The van der Waals surface area contributed by atoms with Gasteiger partial charge in [-0.1, -0.05) is 23.7 Å². The molecule has 2 heterocycles. The van der Waals surface area contributed by atoms with Crippen LogP contribution < -0.4 is 5.32 Å². The highest BCUT2D eigenvalue weighted by molar-refractivity contribution is 7.15. The molecule has 1 amide bonds. The van der Waals surface area contributed by atoms with Crippen molar-refractivity contribution >= 4 is 33.8 Å². The summed E-state index contributed by atoms with van der Waals surface area (Å²) in [5.41, 5.74) is 1.69. The normalized spacial score (nSPS) is 12.4. The fourth-order valence-corrected chi connectivity index (χ4v) is 3.26. The quantitative estimate of drug-likeness (QED) is 0.744. The Hall–Kier alpha value is -1.89. The van der Waals surface area contributed by atoms with Crippen LogP contribution in [0.15, 0.2) is 42.0 Å². The number of amides is 1. The van der Waals surface area contributed by atoms with Crippen LogP contribution >= 0.6 is 22.9 Å². The monoisotopic (exact) mass is 349 g/mol. The summed E-state index contributed by atoms with van der Waals surface area (Å²) in [6.45, 7) is 0.387. The summed E-state index contributed by atoms with van der Waals surface area (Å²) in [4.78, 5) is 17.4.